The standard InChI is InChI=1S/C21H22N2O4/c1-4-15-5-7-16(8-6-15)22-21(24)20-19(14(2)27-23-20)13-26-18-11-9-17(25-3)10-12-18/h5-12H,4,13H2,1-3H3,(H,22,24). The van der Waals surface area contributed by atoms with Gasteiger partial charge in [-0.1, -0.05) is 24.2 Å². The summed E-state index contributed by atoms with van der Waals surface area (Å²) in [4.78, 5) is 12.6. The van der Waals surface area contributed by atoms with E-state index in [9.17, 15) is 4.79 Å². The number of anilines is 1. The summed E-state index contributed by atoms with van der Waals surface area (Å²) in [7, 11) is 1.61. The molecule has 3 aromatic rings. The molecule has 0 bridgehead atoms. The molecule has 3 rings (SSSR count). The van der Waals surface area contributed by atoms with Gasteiger partial charge in [0.2, 0.25) is 0 Å². The van der Waals surface area contributed by atoms with E-state index in [0.29, 0.717) is 22.8 Å². The Morgan fingerprint density at radius 1 is 1.07 bits per heavy atom. The lowest BCUT2D eigenvalue weighted by molar-refractivity contribution is 0.101. The minimum atomic E-state index is -0.329. The molecule has 0 aliphatic carbocycles. The first-order valence-electron chi connectivity index (χ1n) is 8.73. The van der Waals surface area contributed by atoms with Gasteiger partial charge in [-0.25, -0.2) is 0 Å². The number of amides is 1. The van der Waals surface area contributed by atoms with Crippen molar-refractivity contribution in [2.45, 2.75) is 26.9 Å². The lowest BCUT2D eigenvalue weighted by Gasteiger charge is -2.08. The molecule has 0 atom stereocenters. The molecule has 1 heterocycles. The number of methoxy groups -OCH3 is 1. The Kier molecular flexibility index (Phi) is 5.76. The Morgan fingerprint density at radius 2 is 1.74 bits per heavy atom. The van der Waals surface area contributed by atoms with Crippen LogP contribution in [0, 0.1) is 6.92 Å². The van der Waals surface area contributed by atoms with Gasteiger partial charge in [-0.05, 0) is 55.3 Å². The normalized spacial score (nSPS) is 10.5. The second kappa shape index (κ2) is 8.40. The summed E-state index contributed by atoms with van der Waals surface area (Å²) in [6.45, 7) is 4.02. The molecule has 6 heteroatoms. The zero-order valence-corrected chi connectivity index (χ0v) is 15.6. The number of aryl methyl sites for hydroxylation is 2. The Morgan fingerprint density at radius 3 is 2.37 bits per heavy atom. The van der Waals surface area contributed by atoms with Crippen molar-refractivity contribution in [3.8, 4) is 11.5 Å². The first kappa shape index (κ1) is 18.5. The van der Waals surface area contributed by atoms with Gasteiger partial charge in [0, 0.05) is 5.69 Å². The highest BCUT2D eigenvalue weighted by atomic mass is 16.5. The Hall–Kier alpha value is -3.28. The third-order valence-corrected chi connectivity index (χ3v) is 4.26. The van der Waals surface area contributed by atoms with E-state index in [0.717, 1.165) is 12.2 Å². The van der Waals surface area contributed by atoms with E-state index in [1.54, 1.807) is 26.2 Å². The van der Waals surface area contributed by atoms with Crippen LogP contribution in [-0.4, -0.2) is 18.2 Å². The molecule has 0 unspecified atom stereocenters. The fraction of sp³-hybridized carbons (Fsp3) is 0.238. The lowest BCUT2D eigenvalue weighted by atomic mass is 10.1. The zero-order chi connectivity index (χ0) is 19.2. The van der Waals surface area contributed by atoms with Crippen LogP contribution in [0.15, 0.2) is 53.1 Å². The largest absolute Gasteiger partial charge is 0.497 e. The van der Waals surface area contributed by atoms with Gasteiger partial charge in [-0.15, -0.1) is 0 Å². The molecular weight excluding hydrogens is 344 g/mol. The minimum Gasteiger partial charge on any atom is -0.497 e. The maximum Gasteiger partial charge on any atom is 0.278 e. The fourth-order valence-electron chi connectivity index (χ4n) is 2.58. The first-order valence-corrected chi connectivity index (χ1v) is 8.73. The van der Waals surface area contributed by atoms with Gasteiger partial charge in [-0.3, -0.25) is 4.79 Å². The summed E-state index contributed by atoms with van der Waals surface area (Å²) in [5.74, 6) is 1.63. The molecule has 140 valence electrons. The van der Waals surface area contributed by atoms with Gasteiger partial charge in [-0.2, -0.15) is 0 Å². The van der Waals surface area contributed by atoms with Gasteiger partial charge < -0.3 is 19.3 Å². The molecular formula is C21H22N2O4. The molecule has 0 radical (unpaired) electrons. The quantitative estimate of drug-likeness (QED) is 0.671. The van der Waals surface area contributed by atoms with E-state index in [-0.39, 0.29) is 18.2 Å². The third kappa shape index (κ3) is 4.47. The van der Waals surface area contributed by atoms with Crippen LogP contribution in [0.5, 0.6) is 11.5 Å². The van der Waals surface area contributed by atoms with Crippen molar-refractivity contribution in [1.29, 1.82) is 0 Å². The van der Waals surface area contributed by atoms with Crippen LogP contribution < -0.4 is 14.8 Å². The predicted molar refractivity (Wildman–Crippen MR) is 102 cm³/mol. The Bertz CT molecular complexity index is 899. The van der Waals surface area contributed by atoms with E-state index in [1.165, 1.54) is 5.56 Å². The number of carbonyl (C=O) groups is 1. The van der Waals surface area contributed by atoms with Crippen molar-refractivity contribution in [3.63, 3.8) is 0 Å². The summed E-state index contributed by atoms with van der Waals surface area (Å²) < 4.78 is 16.1. The monoisotopic (exact) mass is 366 g/mol. The molecule has 0 saturated carbocycles. The number of benzene rings is 2. The molecule has 0 saturated heterocycles. The second-order valence-corrected chi connectivity index (χ2v) is 6.03. The SMILES string of the molecule is CCc1ccc(NC(=O)c2noc(C)c2COc2ccc(OC)cc2)cc1. The smallest absolute Gasteiger partial charge is 0.278 e. The number of nitrogens with one attached hydrogen (secondary N) is 1. The molecule has 0 fully saturated rings. The highest BCUT2D eigenvalue weighted by Crippen LogP contribution is 2.21. The van der Waals surface area contributed by atoms with Crippen LogP contribution in [0.25, 0.3) is 0 Å². The van der Waals surface area contributed by atoms with Gasteiger partial charge in [0.25, 0.3) is 5.91 Å². The molecule has 2 aromatic carbocycles. The van der Waals surface area contributed by atoms with E-state index in [4.69, 9.17) is 14.0 Å². The Labute approximate surface area is 158 Å². The van der Waals surface area contributed by atoms with Crippen LogP contribution >= 0.6 is 0 Å². The maximum atomic E-state index is 12.6. The fourth-order valence-corrected chi connectivity index (χ4v) is 2.58. The van der Waals surface area contributed by atoms with Gasteiger partial charge in [0.1, 0.15) is 23.9 Å². The third-order valence-electron chi connectivity index (χ3n) is 4.26. The van der Waals surface area contributed by atoms with Crippen molar-refractivity contribution in [2.75, 3.05) is 12.4 Å². The molecule has 1 amide bonds. The van der Waals surface area contributed by atoms with Crippen molar-refractivity contribution < 1.29 is 18.8 Å². The molecule has 1 aromatic heterocycles. The summed E-state index contributed by atoms with van der Waals surface area (Å²) >= 11 is 0. The highest BCUT2D eigenvalue weighted by Gasteiger charge is 2.20. The van der Waals surface area contributed by atoms with E-state index < -0.39 is 0 Å². The van der Waals surface area contributed by atoms with E-state index >= 15 is 0 Å². The number of rotatable bonds is 7. The molecule has 0 aliphatic heterocycles. The summed E-state index contributed by atoms with van der Waals surface area (Å²) in [5, 5.41) is 6.74. The van der Waals surface area contributed by atoms with Crippen molar-refractivity contribution in [1.82, 2.24) is 5.16 Å². The summed E-state index contributed by atoms with van der Waals surface area (Å²) in [5.41, 5.74) is 2.76. The summed E-state index contributed by atoms with van der Waals surface area (Å²) in [6.07, 6.45) is 0.948. The zero-order valence-electron chi connectivity index (χ0n) is 15.6. The number of ether oxygens (including phenoxy) is 2. The van der Waals surface area contributed by atoms with E-state index in [1.807, 2.05) is 36.4 Å². The molecule has 27 heavy (non-hydrogen) atoms. The van der Waals surface area contributed by atoms with Crippen LogP contribution in [0.2, 0.25) is 0 Å². The van der Waals surface area contributed by atoms with Crippen molar-refractivity contribution in [3.05, 3.63) is 71.1 Å². The topological polar surface area (TPSA) is 73.6 Å². The van der Waals surface area contributed by atoms with Crippen LogP contribution in [0.1, 0.15) is 34.3 Å². The number of aromatic nitrogens is 1. The number of hydrogen-bond donors (Lipinski definition) is 1. The first-order chi connectivity index (χ1) is 13.1. The average Bonchev–Trinajstić information content (AvgIpc) is 3.08. The molecule has 0 spiro atoms. The van der Waals surface area contributed by atoms with Crippen LogP contribution in [0.3, 0.4) is 0 Å². The second-order valence-electron chi connectivity index (χ2n) is 6.03. The van der Waals surface area contributed by atoms with Gasteiger partial charge in [0.05, 0.1) is 12.7 Å². The van der Waals surface area contributed by atoms with Gasteiger partial charge in [0.15, 0.2) is 5.69 Å². The number of carbonyl (C=O) groups excluding carboxylic acids is 1. The highest BCUT2D eigenvalue weighted by molar-refractivity contribution is 6.03. The minimum absolute atomic E-state index is 0.180. The van der Waals surface area contributed by atoms with E-state index in [2.05, 4.69) is 17.4 Å². The van der Waals surface area contributed by atoms with Crippen LogP contribution in [-0.2, 0) is 13.0 Å². The maximum absolute atomic E-state index is 12.6. The molecule has 1 N–H and O–H groups in total. The van der Waals surface area contributed by atoms with Crippen molar-refractivity contribution in [2.24, 2.45) is 0 Å². The molecule has 0 aliphatic rings. The number of nitrogens with zero attached hydrogens (tertiary/aromatic N) is 1. The number of hydrogen-bond acceptors (Lipinski definition) is 5. The van der Waals surface area contributed by atoms with Crippen LogP contribution in [0.4, 0.5) is 5.69 Å². The average molecular weight is 366 g/mol. The summed E-state index contributed by atoms with van der Waals surface area (Å²) in [6, 6.07) is 14.9. The lowest BCUT2D eigenvalue weighted by Crippen LogP contribution is -2.15. The van der Waals surface area contributed by atoms with Gasteiger partial charge >= 0.3 is 0 Å². The van der Waals surface area contributed by atoms with Crippen molar-refractivity contribution >= 4 is 11.6 Å². The predicted octanol–water partition coefficient (Wildman–Crippen LogP) is 4.39. The molecule has 6 nitrogen and oxygen atoms in total. The Balaban J connectivity index is 1.69.